The molecule has 0 aliphatic heterocycles. The number of aryl methyl sites for hydroxylation is 1. The van der Waals surface area contributed by atoms with Crippen molar-refractivity contribution in [3.63, 3.8) is 0 Å². The van der Waals surface area contributed by atoms with Gasteiger partial charge in [0, 0.05) is 12.6 Å². The van der Waals surface area contributed by atoms with Crippen molar-refractivity contribution in [3.8, 4) is 0 Å². The smallest absolute Gasteiger partial charge is 0.227 e. The highest BCUT2D eigenvalue weighted by Gasteiger charge is 2.41. The Bertz CT molecular complexity index is 515. The van der Waals surface area contributed by atoms with Gasteiger partial charge in [0.2, 0.25) is 5.91 Å². The monoisotopic (exact) mass is 288 g/mol. The van der Waals surface area contributed by atoms with Crippen molar-refractivity contribution in [1.29, 1.82) is 0 Å². The fraction of sp³-hybridized carbons (Fsp3) is 0.588. The molecule has 0 radical (unpaired) electrons. The molecule has 1 fully saturated rings. The summed E-state index contributed by atoms with van der Waals surface area (Å²) in [4.78, 5) is 12.6. The van der Waals surface area contributed by atoms with Gasteiger partial charge in [0.05, 0.1) is 18.1 Å². The van der Waals surface area contributed by atoms with E-state index in [9.17, 15) is 4.79 Å². The molecule has 0 saturated heterocycles. The molecule has 1 amide bonds. The minimum Gasteiger partial charge on any atom is -0.376 e. The molecule has 0 heterocycles. The van der Waals surface area contributed by atoms with Crippen LogP contribution in [0.3, 0.4) is 0 Å². The van der Waals surface area contributed by atoms with Crippen LogP contribution in [0.15, 0.2) is 24.3 Å². The second kappa shape index (κ2) is 6.16. The number of rotatable bonds is 4. The summed E-state index contributed by atoms with van der Waals surface area (Å²) in [6, 6.07) is 8.26. The van der Waals surface area contributed by atoms with Gasteiger partial charge in [0.1, 0.15) is 0 Å². The maximum absolute atomic E-state index is 12.6. The maximum atomic E-state index is 12.6. The average molecular weight is 288 g/mol. The highest BCUT2D eigenvalue weighted by Crippen LogP contribution is 2.32. The molecule has 4 nitrogen and oxygen atoms in total. The Labute approximate surface area is 126 Å². The Morgan fingerprint density at radius 2 is 2.24 bits per heavy atom. The molecule has 4 unspecified atom stereocenters. The second-order valence-electron chi connectivity index (χ2n) is 6.07. The number of nitrogens with two attached hydrogens (primary N) is 1. The summed E-state index contributed by atoms with van der Waals surface area (Å²) in [5, 5.41) is 3.12. The highest BCUT2D eigenvalue weighted by molar-refractivity contribution is 5.84. The van der Waals surface area contributed by atoms with E-state index in [2.05, 4.69) is 17.4 Å². The molecule has 0 spiro atoms. The van der Waals surface area contributed by atoms with E-state index >= 15 is 0 Å². The predicted octanol–water partition coefficient (Wildman–Crippen LogP) is 1.73. The molecule has 3 rings (SSSR count). The van der Waals surface area contributed by atoms with E-state index in [0.717, 1.165) is 25.7 Å². The van der Waals surface area contributed by atoms with Gasteiger partial charge in [-0.2, -0.15) is 0 Å². The molecule has 114 valence electrons. The van der Waals surface area contributed by atoms with Crippen LogP contribution in [0.4, 0.5) is 0 Å². The predicted molar refractivity (Wildman–Crippen MR) is 82.1 cm³/mol. The van der Waals surface area contributed by atoms with Gasteiger partial charge in [-0.15, -0.1) is 0 Å². The fourth-order valence-corrected chi connectivity index (χ4v) is 3.52. The Hall–Kier alpha value is -1.39. The first kappa shape index (κ1) is 14.5. The van der Waals surface area contributed by atoms with Crippen LogP contribution in [-0.2, 0) is 16.0 Å². The van der Waals surface area contributed by atoms with Gasteiger partial charge in [0.25, 0.3) is 0 Å². The molecule has 21 heavy (non-hydrogen) atoms. The van der Waals surface area contributed by atoms with Crippen LogP contribution in [-0.4, -0.2) is 30.7 Å². The van der Waals surface area contributed by atoms with E-state index in [-0.39, 0.29) is 30.0 Å². The van der Waals surface area contributed by atoms with Gasteiger partial charge in [-0.3, -0.25) is 4.79 Å². The minimum absolute atomic E-state index is 0.0179. The number of carbonyl (C=O) groups excluding carboxylic acids is 1. The van der Waals surface area contributed by atoms with Crippen molar-refractivity contribution in [2.75, 3.05) is 6.61 Å². The average Bonchev–Trinajstić information content (AvgIpc) is 2.51. The van der Waals surface area contributed by atoms with E-state index in [0.29, 0.717) is 6.61 Å². The number of carbonyl (C=O) groups is 1. The third kappa shape index (κ3) is 2.83. The zero-order valence-electron chi connectivity index (χ0n) is 12.5. The number of amides is 1. The third-order valence-corrected chi connectivity index (χ3v) is 4.74. The quantitative estimate of drug-likeness (QED) is 0.887. The van der Waals surface area contributed by atoms with Gasteiger partial charge in [-0.1, -0.05) is 24.3 Å². The topological polar surface area (TPSA) is 64.3 Å². The first-order chi connectivity index (χ1) is 10.2. The first-order valence-electron chi connectivity index (χ1n) is 7.96. The second-order valence-corrected chi connectivity index (χ2v) is 6.07. The Morgan fingerprint density at radius 1 is 1.43 bits per heavy atom. The lowest BCUT2D eigenvalue weighted by molar-refractivity contribution is -0.127. The number of nitrogens with one attached hydrogen (secondary N) is 1. The molecule has 4 heteroatoms. The third-order valence-electron chi connectivity index (χ3n) is 4.74. The number of fused-ring (bicyclic) bond motifs is 1. The van der Waals surface area contributed by atoms with E-state index < -0.39 is 0 Å². The van der Waals surface area contributed by atoms with Crippen LogP contribution in [0, 0.1) is 0 Å². The summed E-state index contributed by atoms with van der Waals surface area (Å²) >= 11 is 0. The van der Waals surface area contributed by atoms with Crippen LogP contribution in [0.1, 0.15) is 43.2 Å². The zero-order valence-corrected chi connectivity index (χ0v) is 12.5. The van der Waals surface area contributed by atoms with E-state index in [1.807, 2.05) is 19.1 Å². The Balaban J connectivity index is 1.69. The van der Waals surface area contributed by atoms with Crippen molar-refractivity contribution >= 4 is 5.91 Å². The Morgan fingerprint density at radius 3 is 3.00 bits per heavy atom. The minimum atomic E-state index is -0.0370. The van der Waals surface area contributed by atoms with E-state index in [4.69, 9.17) is 10.5 Å². The number of benzene rings is 1. The van der Waals surface area contributed by atoms with Crippen LogP contribution in [0.2, 0.25) is 0 Å². The number of hydrogen-bond donors (Lipinski definition) is 2. The maximum Gasteiger partial charge on any atom is 0.227 e. The van der Waals surface area contributed by atoms with Gasteiger partial charge >= 0.3 is 0 Å². The lowest BCUT2D eigenvalue weighted by atomic mass is 9.80. The molecular weight excluding hydrogens is 264 g/mol. The molecule has 2 aliphatic carbocycles. The molecule has 1 saturated carbocycles. The van der Waals surface area contributed by atoms with Crippen molar-refractivity contribution in [2.45, 2.75) is 56.7 Å². The van der Waals surface area contributed by atoms with Crippen molar-refractivity contribution in [2.24, 2.45) is 5.73 Å². The standard InChI is InChI=1S/C17H24N2O2/c1-2-21-15-10-14(18)16(15)19-17(20)13-9-5-7-11-6-3-4-8-12(11)13/h3-4,6,8,13-16H,2,5,7,9-10,18H2,1H3,(H,19,20). The number of ether oxygens (including phenoxy) is 1. The molecule has 0 bridgehead atoms. The van der Waals surface area contributed by atoms with Crippen molar-refractivity contribution < 1.29 is 9.53 Å². The molecule has 3 N–H and O–H groups in total. The van der Waals surface area contributed by atoms with Crippen LogP contribution in [0.25, 0.3) is 0 Å². The van der Waals surface area contributed by atoms with E-state index in [1.54, 1.807) is 0 Å². The van der Waals surface area contributed by atoms with Gasteiger partial charge in [-0.25, -0.2) is 0 Å². The lowest BCUT2D eigenvalue weighted by Gasteiger charge is -2.43. The van der Waals surface area contributed by atoms with Crippen molar-refractivity contribution in [1.82, 2.24) is 5.32 Å². The summed E-state index contributed by atoms with van der Waals surface area (Å²) in [5.41, 5.74) is 8.51. The summed E-state index contributed by atoms with van der Waals surface area (Å²) < 4.78 is 5.62. The van der Waals surface area contributed by atoms with Crippen LogP contribution < -0.4 is 11.1 Å². The zero-order chi connectivity index (χ0) is 14.8. The van der Waals surface area contributed by atoms with Crippen LogP contribution >= 0.6 is 0 Å². The molecule has 1 aromatic rings. The summed E-state index contributed by atoms with van der Waals surface area (Å²) in [6.45, 7) is 2.64. The Kier molecular flexibility index (Phi) is 4.27. The summed E-state index contributed by atoms with van der Waals surface area (Å²) in [6.07, 6.45) is 3.97. The summed E-state index contributed by atoms with van der Waals surface area (Å²) in [5.74, 6) is 0.0667. The van der Waals surface area contributed by atoms with Crippen molar-refractivity contribution in [3.05, 3.63) is 35.4 Å². The normalized spacial score (nSPS) is 31.1. The lowest BCUT2D eigenvalue weighted by Crippen LogP contribution is -2.65. The molecular formula is C17H24N2O2. The molecule has 0 aromatic heterocycles. The van der Waals surface area contributed by atoms with Gasteiger partial charge in [-0.05, 0) is 43.7 Å². The van der Waals surface area contributed by atoms with Crippen LogP contribution in [0.5, 0.6) is 0 Å². The van der Waals surface area contributed by atoms with E-state index in [1.165, 1.54) is 11.1 Å². The number of hydrogen-bond acceptors (Lipinski definition) is 3. The molecule has 2 aliphatic rings. The molecule has 4 atom stereocenters. The van der Waals surface area contributed by atoms with Gasteiger partial charge < -0.3 is 15.8 Å². The largest absolute Gasteiger partial charge is 0.376 e. The fourth-order valence-electron chi connectivity index (χ4n) is 3.52. The SMILES string of the molecule is CCOC1CC(N)C1NC(=O)C1CCCc2ccccc21. The van der Waals surface area contributed by atoms with Gasteiger partial charge in [0.15, 0.2) is 0 Å². The first-order valence-corrected chi connectivity index (χ1v) is 7.96. The molecule has 1 aromatic carbocycles. The highest BCUT2D eigenvalue weighted by atomic mass is 16.5. The summed E-state index contributed by atoms with van der Waals surface area (Å²) in [7, 11) is 0.